The molecule has 3 amide bonds. The number of nitrogens with one attached hydrogen (secondary N) is 2. The van der Waals surface area contributed by atoms with Gasteiger partial charge in [-0.1, -0.05) is 42.5 Å². The van der Waals surface area contributed by atoms with Crippen LogP contribution in [0, 0.1) is 13.8 Å². The number of hydrogen-bond acceptors (Lipinski definition) is 5. The number of rotatable bonds is 7. The minimum absolute atomic E-state index is 0.281. The molecule has 0 atom stereocenters. The molecule has 27 heavy (non-hydrogen) atoms. The third kappa shape index (κ3) is 7.19. The van der Waals surface area contributed by atoms with Crippen LogP contribution in [0.4, 0.5) is 4.79 Å². The summed E-state index contributed by atoms with van der Waals surface area (Å²) >= 11 is 0. The van der Waals surface area contributed by atoms with E-state index in [2.05, 4.69) is 10.6 Å². The van der Waals surface area contributed by atoms with Crippen LogP contribution in [0.25, 0.3) is 0 Å². The summed E-state index contributed by atoms with van der Waals surface area (Å²) in [6.07, 6.45) is 0. The Morgan fingerprint density at radius 2 is 1.70 bits per heavy atom. The molecule has 0 aliphatic rings. The molecule has 0 spiro atoms. The molecular weight excluding hydrogens is 348 g/mol. The van der Waals surface area contributed by atoms with Crippen molar-refractivity contribution in [2.45, 2.75) is 20.4 Å². The summed E-state index contributed by atoms with van der Waals surface area (Å²) in [5, 5.41) is 4.63. The summed E-state index contributed by atoms with van der Waals surface area (Å²) in [6.45, 7) is 3.17. The van der Waals surface area contributed by atoms with Crippen LogP contribution in [-0.2, 0) is 20.9 Å². The van der Waals surface area contributed by atoms with Crippen LogP contribution in [0.2, 0.25) is 0 Å². The Hall–Kier alpha value is -3.35. The van der Waals surface area contributed by atoms with Crippen LogP contribution in [0.15, 0.2) is 48.5 Å². The van der Waals surface area contributed by atoms with E-state index in [1.54, 1.807) is 0 Å². The fourth-order valence-corrected chi connectivity index (χ4v) is 2.17. The second kappa shape index (κ2) is 9.96. The summed E-state index contributed by atoms with van der Waals surface area (Å²) in [5.41, 5.74) is 2.79. The molecule has 0 saturated heterocycles. The quantitative estimate of drug-likeness (QED) is 0.729. The first-order chi connectivity index (χ1) is 12.9. The molecule has 0 unspecified atom stereocenters. The number of aryl methyl sites for hydroxylation is 2. The van der Waals surface area contributed by atoms with Crippen LogP contribution in [-0.4, -0.2) is 31.1 Å². The lowest BCUT2D eigenvalue weighted by Gasteiger charge is -2.10. The van der Waals surface area contributed by atoms with E-state index in [4.69, 9.17) is 9.47 Å². The molecule has 7 nitrogen and oxygen atoms in total. The fraction of sp³-hybridized carbons (Fsp3) is 0.250. The highest BCUT2D eigenvalue weighted by atomic mass is 16.6. The lowest BCUT2D eigenvalue weighted by atomic mass is 10.1. The maximum Gasteiger partial charge on any atom is 0.344 e. The number of carbonyl (C=O) groups excluding carboxylic acids is 3. The minimum atomic E-state index is -0.722. The number of imide groups is 1. The van der Waals surface area contributed by atoms with Gasteiger partial charge in [0.25, 0.3) is 5.91 Å². The van der Waals surface area contributed by atoms with Gasteiger partial charge in [0, 0.05) is 6.54 Å². The molecule has 0 radical (unpaired) electrons. The molecule has 0 aliphatic heterocycles. The van der Waals surface area contributed by atoms with Gasteiger partial charge in [0.1, 0.15) is 5.75 Å². The van der Waals surface area contributed by atoms with Crippen molar-refractivity contribution in [2.24, 2.45) is 0 Å². The molecule has 2 aromatic carbocycles. The van der Waals surface area contributed by atoms with E-state index in [9.17, 15) is 14.4 Å². The van der Waals surface area contributed by atoms with Crippen molar-refractivity contribution in [1.82, 2.24) is 10.6 Å². The number of esters is 1. The zero-order valence-electron chi connectivity index (χ0n) is 15.3. The predicted octanol–water partition coefficient (Wildman–Crippen LogP) is 2.25. The molecule has 7 heteroatoms. The van der Waals surface area contributed by atoms with E-state index in [0.717, 1.165) is 16.7 Å². The minimum Gasteiger partial charge on any atom is -0.482 e. The largest absolute Gasteiger partial charge is 0.482 e. The Bertz CT molecular complexity index is 805. The van der Waals surface area contributed by atoms with Crippen molar-refractivity contribution in [2.75, 3.05) is 13.2 Å². The second-order valence-electron chi connectivity index (χ2n) is 5.93. The predicted molar refractivity (Wildman–Crippen MR) is 99.2 cm³/mol. The van der Waals surface area contributed by atoms with Gasteiger partial charge in [-0.3, -0.25) is 10.1 Å². The first-order valence-electron chi connectivity index (χ1n) is 8.41. The molecule has 0 aliphatic carbocycles. The van der Waals surface area contributed by atoms with Gasteiger partial charge in [0.05, 0.1) is 0 Å². The molecule has 0 bridgehead atoms. The van der Waals surface area contributed by atoms with Crippen molar-refractivity contribution < 1.29 is 23.9 Å². The number of benzene rings is 2. The first kappa shape index (κ1) is 20.0. The van der Waals surface area contributed by atoms with Crippen molar-refractivity contribution >= 4 is 17.9 Å². The molecular formula is C20H22N2O5. The third-order valence-electron chi connectivity index (χ3n) is 3.60. The Kier molecular flexibility index (Phi) is 7.37. The van der Waals surface area contributed by atoms with Crippen LogP contribution in [0.5, 0.6) is 5.75 Å². The summed E-state index contributed by atoms with van der Waals surface area (Å²) in [7, 11) is 0. The summed E-state index contributed by atoms with van der Waals surface area (Å²) in [5.74, 6) is -0.840. The normalized spacial score (nSPS) is 10.0. The van der Waals surface area contributed by atoms with E-state index >= 15 is 0 Å². The van der Waals surface area contributed by atoms with Crippen molar-refractivity contribution in [3.8, 4) is 5.75 Å². The Morgan fingerprint density at radius 1 is 0.963 bits per heavy atom. The van der Waals surface area contributed by atoms with Crippen molar-refractivity contribution in [3.05, 3.63) is 65.2 Å². The molecule has 0 aromatic heterocycles. The zero-order valence-corrected chi connectivity index (χ0v) is 15.3. The van der Waals surface area contributed by atoms with E-state index in [-0.39, 0.29) is 13.2 Å². The highest BCUT2D eigenvalue weighted by Crippen LogP contribution is 2.18. The van der Waals surface area contributed by atoms with Crippen LogP contribution < -0.4 is 15.4 Å². The van der Waals surface area contributed by atoms with Crippen molar-refractivity contribution in [3.63, 3.8) is 0 Å². The molecule has 0 saturated carbocycles. The van der Waals surface area contributed by atoms with Gasteiger partial charge in [-0.05, 0) is 36.6 Å². The SMILES string of the molecule is Cc1ccc(C)c(OCC(=O)OCC(=O)NC(=O)NCc2ccccc2)c1. The smallest absolute Gasteiger partial charge is 0.344 e. The standard InChI is InChI=1S/C20H22N2O5/c1-14-8-9-15(2)17(10-14)26-13-19(24)27-12-18(23)22-20(25)21-11-16-6-4-3-5-7-16/h3-10H,11-13H2,1-2H3,(H2,21,22,23,25). The van der Waals surface area contributed by atoms with Gasteiger partial charge >= 0.3 is 12.0 Å². The first-order valence-corrected chi connectivity index (χ1v) is 8.41. The molecule has 2 aromatic rings. The van der Waals surface area contributed by atoms with Gasteiger partial charge in [0.2, 0.25) is 0 Å². The molecule has 2 N–H and O–H groups in total. The summed E-state index contributed by atoms with van der Waals surface area (Å²) in [4.78, 5) is 35.0. The van der Waals surface area contributed by atoms with Gasteiger partial charge in [-0.15, -0.1) is 0 Å². The topological polar surface area (TPSA) is 93.7 Å². The Labute approximate surface area is 157 Å². The highest BCUT2D eigenvalue weighted by molar-refractivity contribution is 5.95. The molecule has 142 valence electrons. The average molecular weight is 370 g/mol. The lowest BCUT2D eigenvalue weighted by Crippen LogP contribution is -2.41. The van der Waals surface area contributed by atoms with Crippen LogP contribution in [0.3, 0.4) is 0 Å². The lowest BCUT2D eigenvalue weighted by molar-refractivity contribution is -0.150. The number of urea groups is 1. The van der Waals surface area contributed by atoms with Gasteiger partial charge in [0.15, 0.2) is 13.2 Å². The highest BCUT2D eigenvalue weighted by Gasteiger charge is 2.12. The van der Waals surface area contributed by atoms with E-state index < -0.39 is 24.5 Å². The second-order valence-corrected chi connectivity index (χ2v) is 5.93. The van der Waals surface area contributed by atoms with Gasteiger partial charge < -0.3 is 14.8 Å². The van der Waals surface area contributed by atoms with Crippen LogP contribution in [0.1, 0.15) is 16.7 Å². The molecule has 2 rings (SSSR count). The van der Waals surface area contributed by atoms with E-state index in [1.807, 2.05) is 62.4 Å². The average Bonchev–Trinajstić information content (AvgIpc) is 2.66. The number of ether oxygens (including phenoxy) is 2. The maximum atomic E-state index is 11.7. The van der Waals surface area contributed by atoms with E-state index in [1.165, 1.54) is 0 Å². The van der Waals surface area contributed by atoms with Gasteiger partial charge in [-0.2, -0.15) is 0 Å². The molecule has 0 fully saturated rings. The van der Waals surface area contributed by atoms with Crippen molar-refractivity contribution in [1.29, 1.82) is 0 Å². The summed E-state index contributed by atoms with van der Waals surface area (Å²) < 4.78 is 10.2. The third-order valence-corrected chi connectivity index (χ3v) is 3.60. The van der Waals surface area contributed by atoms with E-state index in [0.29, 0.717) is 5.75 Å². The number of carbonyl (C=O) groups is 3. The monoisotopic (exact) mass is 370 g/mol. The number of hydrogen-bond donors (Lipinski definition) is 2. The summed E-state index contributed by atoms with van der Waals surface area (Å²) in [6, 6.07) is 14.2. The Balaban J connectivity index is 1.66. The fourth-order valence-electron chi connectivity index (χ4n) is 2.17. The maximum absolute atomic E-state index is 11.7. The molecule has 0 heterocycles. The zero-order chi connectivity index (χ0) is 19.6. The van der Waals surface area contributed by atoms with Crippen LogP contribution >= 0.6 is 0 Å². The van der Waals surface area contributed by atoms with Gasteiger partial charge in [-0.25, -0.2) is 9.59 Å². The Morgan fingerprint density at radius 3 is 2.44 bits per heavy atom. The number of amides is 3.